The van der Waals surface area contributed by atoms with Crippen molar-refractivity contribution in [1.82, 2.24) is 9.97 Å². The molecule has 0 bridgehead atoms. The van der Waals surface area contributed by atoms with Gasteiger partial charge in [-0.1, -0.05) is 11.6 Å². The molecule has 0 spiro atoms. The average Bonchev–Trinajstić information content (AvgIpc) is 2.65. The van der Waals surface area contributed by atoms with Gasteiger partial charge in [0.2, 0.25) is 0 Å². The highest BCUT2D eigenvalue weighted by Gasteiger charge is 2.13. The topological polar surface area (TPSA) is 51.8 Å². The average molecular weight is 226 g/mol. The predicted octanol–water partition coefficient (Wildman–Crippen LogP) is 2.24. The van der Waals surface area contributed by atoms with Gasteiger partial charge in [-0.3, -0.25) is 0 Å². The number of hydrogen-bond donors (Lipinski definition) is 1. The highest BCUT2D eigenvalue weighted by molar-refractivity contribution is 7.10. The van der Waals surface area contributed by atoms with Crippen molar-refractivity contribution in [1.29, 1.82) is 0 Å². The van der Waals surface area contributed by atoms with Crippen molar-refractivity contribution >= 4 is 22.9 Å². The zero-order valence-corrected chi connectivity index (χ0v) is 8.79. The molecular weight excluding hydrogens is 218 g/mol. The molecule has 0 aliphatic heterocycles. The van der Waals surface area contributed by atoms with E-state index in [1.807, 2.05) is 11.4 Å². The maximum absolute atomic E-state index is 6.01. The first kappa shape index (κ1) is 9.58. The molecule has 14 heavy (non-hydrogen) atoms. The molecule has 0 saturated carbocycles. The zero-order valence-electron chi connectivity index (χ0n) is 7.22. The second-order valence-corrected chi connectivity index (χ2v) is 4.14. The van der Waals surface area contributed by atoms with Gasteiger partial charge in [-0.25, -0.2) is 9.97 Å². The van der Waals surface area contributed by atoms with Crippen LogP contribution in [-0.4, -0.2) is 9.97 Å². The van der Waals surface area contributed by atoms with E-state index >= 15 is 0 Å². The van der Waals surface area contributed by atoms with Gasteiger partial charge < -0.3 is 5.73 Å². The molecule has 0 amide bonds. The first-order chi connectivity index (χ1) is 6.79. The number of aromatic nitrogens is 2. The standard InChI is InChI=1S/C9H8ClN3S/c10-7-1-2-14-9(7)8(11)6-3-12-5-13-4-6/h1-5,8H,11H2. The molecule has 2 aromatic heterocycles. The summed E-state index contributed by atoms with van der Waals surface area (Å²) in [6.45, 7) is 0. The summed E-state index contributed by atoms with van der Waals surface area (Å²) in [4.78, 5) is 8.78. The van der Waals surface area contributed by atoms with Crippen LogP contribution in [0.1, 0.15) is 16.5 Å². The summed E-state index contributed by atoms with van der Waals surface area (Å²) in [7, 11) is 0. The Balaban J connectivity index is 2.34. The van der Waals surface area contributed by atoms with Gasteiger partial charge in [0.25, 0.3) is 0 Å². The molecule has 1 unspecified atom stereocenters. The van der Waals surface area contributed by atoms with Crippen LogP contribution in [-0.2, 0) is 0 Å². The third kappa shape index (κ3) is 1.77. The molecule has 0 aliphatic rings. The molecular formula is C9H8ClN3S. The van der Waals surface area contributed by atoms with Crippen LogP contribution < -0.4 is 5.73 Å². The first-order valence-electron chi connectivity index (χ1n) is 4.02. The molecule has 1 atom stereocenters. The molecule has 0 aromatic carbocycles. The lowest BCUT2D eigenvalue weighted by atomic mass is 10.1. The number of thiophene rings is 1. The Hall–Kier alpha value is -0.970. The maximum atomic E-state index is 6.01. The van der Waals surface area contributed by atoms with Crippen LogP contribution in [0.25, 0.3) is 0 Å². The Kier molecular flexibility index (Phi) is 2.77. The molecule has 0 aliphatic carbocycles. The second kappa shape index (κ2) is 4.04. The molecule has 0 saturated heterocycles. The Morgan fingerprint density at radius 1 is 1.36 bits per heavy atom. The first-order valence-corrected chi connectivity index (χ1v) is 5.28. The number of nitrogens with zero attached hydrogens (tertiary/aromatic N) is 2. The van der Waals surface area contributed by atoms with E-state index in [4.69, 9.17) is 17.3 Å². The van der Waals surface area contributed by atoms with E-state index < -0.39 is 0 Å². The van der Waals surface area contributed by atoms with Crippen molar-refractivity contribution < 1.29 is 0 Å². The summed E-state index contributed by atoms with van der Waals surface area (Å²) in [6, 6.07) is 1.61. The molecule has 2 heterocycles. The fourth-order valence-electron chi connectivity index (χ4n) is 1.15. The van der Waals surface area contributed by atoms with E-state index in [2.05, 4.69) is 9.97 Å². The molecule has 2 N–H and O–H groups in total. The Morgan fingerprint density at radius 2 is 2.07 bits per heavy atom. The van der Waals surface area contributed by atoms with Gasteiger partial charge in [-0.05, 0) is 11.4 Å². The van der Waals surface area contributed by atoms with Crippen LogP contribution >= 0.6 is 22.9 Å². The quantitative estimate of drug-likeness (QED) is 0.853. The summed E-state index contributed by atoms with van der Waals surface area (Å²) in [5.41, 5.74) is 6.88. The minimum Gasteiger partial charge on any atom is -0.319 e. The van der Waals surface area contributed by atoms with E-state index in [0.717, 1.165) is 10.4 Å². The fourth-order valence-corrected chi connectivity index (χ4v) is 2.35. The summed E-state index contributed by atoms with van der Waals surface area (Å²) in [5.74, 6) is 0. The highest BCUT2D eigenvalue weighted by Crippen LogP contribution is 2.30. The van der Waals surface area contributed by atoms with Crippen molar-refractivity contribution in [2.24, 2.45) is 5.73 Å². The normalized spacial score (nSPS) is 12.7. The molecule has 0 radical (unpaired) electrons. The van der Waals surface area contributed by atoms with Gasteiger partial charge in [0.05, 0.1) is 11.1 Å². The van der Waals surface area contributed by atoms with E-state index in [-0.39, 0.29) is 6.04 Å². The summed E-state index contributed by atoms with van der Waals surface area (Å²) >= 11 is 7.51. The summed E-state index contributed by atoms with van der Waals surface area (Å²) in [6.07, 6.45) is 4.88. The van der Waals surface area contributed by atoms with Crippen molar-refractivity contribution in [3.8, 4) is 0 Å². The van der Waals surface area contributed by atoms with E-state index in [9.17, 15) is 0 Å². The van der Waals surface area contributed by atoms with E-state index in [1.54, 1.807) is 12.4 Å². The molecule has 5 heteroatoms. The number of halogens is 1. The van der Waals surface area contributed by atoms with Crippen molar-refractivity contribution in [3.63, 3.8) is 0 Å². The molecule has 2 aromatic rings. The SMILES string of the molecule is NC(c1cncnc1)c1sccc1Cl. The van der Waals surface area contributed by atoms with Crippen LogP contribution in [0.15, 0.2) is 30.2 Å². The van der Waals surface area contributed by atoms with Crippen LogP contribution in [0.3, 0.4) is 0 Å². The smallest absolute Gasteiger partial charge is 0.115 e. The lowest BCUT2D eigenvalue weighted by Crippen LogP contribution is -2.11. The van der Waals surface area contributed by atoms with Crippen LogP contribution in [0.4, 0.5) is 0 Å². The van der Waals surface area contributed by atoms with Crippen molar-refractivity contribution in [3.05, 3.63) is 45.6 Å². The van der Waals surface area contributed by atoms with E-state index in [0.29, 0.717) is 5.02 Å². The Labute approximate surface area is 90.6 Å². The maximum Gasteiger partial charge on any atom is 0.115 e. The zero-order chi connectivity index (χ0) is 9.97. The van der Waals surface area contributed by atoms with Crippen LogP contribution in [0.2, 0.25) is 5.02 Å². The number of rotatable bonds is 2. The largest absolute Gasteiger partial charge is 0.319 e. The molecule has 72 valence electrons. The van der Waals surface area contributed by atoms with Crippen molar-refractivity contribution in [2.75, 3.05) is 0 Å². The van der Waals surface area contributed by atoms with Gasteiger partial charge in [0.15, 0.2) is 0 Å². The fraction of sp³-hybridized carbons (Fsp3) is 0.111. The van der Waals surface area contributed by atoms with Gasteiger partial charge in [0.1, 0.15) is 6.33 Å². The third-order valence-corrected chi connectivity index (χ3v) is 3.31. The van der Waals surface area contributed by atoms with Crippen LogP contribution in [0.5, 0.6) is 0 Å². The van der Waals surface area contributed by atoms with Crippen LogP contribution in [0, 0.1) is 0 Å². The molecule has 2 rings (SSSR count). The molecule has 0 fully saturated rings. The monoisotopic (exact) mass is 225 g/mol. The van der Waals surface area contributed by atoms with Gasteiger partial charge in [-0.2, -0.15) is 0 Å². The Morgan fingerprint density at radius 3 is 2.64 bits per heavy atom. The summed E-state index contributed by atoms with van der Waals surface area (Å²) in [5, 5.41) is 2.62. The minimum absolute atomic E-state index is 0.233. The van der Waals surface area contributed by atoms with Gasteiger partial charge >= 0.3 is 0 Å². The van der Waals surface area contributed by atoms with Crippen molar-refractivity contribution in [2.45, 2.75) is 6.04 Å². The van der Waals surface area contributed by atoms with Gasteiger partial charge in [0, 0.05) is 22.8 Å². The Bertz CT molecular complexity index is 415. The lowest BCUT2D eigenvalue weighted by molar-refractivity contribution is 0.870. The number of hydrogen-bond acceptors (Lipinski definition) is 4. The summed E-state index contributed by atoms with van der Waals surface area (Å²) < 4.78 is 0. The van der Waals surface area contributed by atoms with Gasteiger partial charge in [-0.15, -0.1) is 11.3 Å². The highest BCUT2D eigenvalue weighted by atomic mass is 35.5. The third-order valence-electron chi connectivity index (χ3n) is 1.87. The minimum atomic E-state index is -0.233. The predicted molar refractivity (Wildman–Crippen MR) is 57.4 cm³/mol. The van der Waals surface area contributed by atoms with E-state index in [1.165, 1.54) is 17.7 Å². The number of nitrogens with two attached hydrogens (primary N) is 1. The molecule has 3 nitrogen and oxygen atoms in total. The second-order valence-electron chi connectivity index (χ2n) is 2.78. The lowest BCUT2D eigenvalue weighted by Gasteiger charge is -2.08.